The van der Waals surface area contributed by atoms with Gasteiger partial charge in [0.25, 0.3) is 0 Å². The molecule has 3 rings (SSSR count). The minimum atomic E-state index is -1.50. The number of hydrogen-bond acceptors (Lipinski definition) is 5. The number of carbonyl (C=O) groups is 2. The smallest absolute Gasteiger partial charge is 0.338 e. The molecule has 0 radical (unpaired) electrons. The van der Waals surface area contributed by atoms with Crippen LogP contribution in [-0.4, -0.2) is 50.8 Å². The predicted molar refractivity (Wildman–Crippen MR) is 94.5 cm³/mol. The molecule has 0 N–H and O–H groups in total. The van der Waals surface area contributed by atoms with Crippen molar-refractivity contribution in [3.05, 3.63) is 71.8 Å². The van der Waals surface area contributed by atoms with E-state index in [1.165, 1.54) is 0 Å². The number of rotatable bonds is 5. The Kier molecular flexibility index (Phi) is 5.68. The molecular weight excluding hydrogens is 338 g/mol. The van der Waals surface area contributed by atoms with Crippen LogP contribution in [0.4, 0.5) is 4.39 Å². The Morgan fingerprint density at radius 2 is 1.50 bits per heavy atom. The lowest BCUT2D eigenvalue weighted by molar-refractivity contribution is -0.0351. The highest BCUT2D eigenvalue weighted by Crippen LogP contribution is 2.26. The van der Waals surface area contributed by atoms with E-state index < -0.39 is 36.3 Å². The molecule has 7 heteroatoms. The molecule has 0 aromatic heterocycles. The predicted octanol–water partition coefficient (Wildman–Crippen LogP) is 1.77. The molecule has 1 saturated heterocycles. The maximum atomic E-state index is 14.4. The molecule has 1 aliphatic rings. The first-order valence-electron chi connectivity index (χ1n) is 8.34. The molecule has 0 spiro atoms. The van der Waals surface area contributed by atoms with Crippen molar-refractivity contribution >= 4 is 19.8 Å². The molecule has 1 heterocycles. The van der Waals surface area contributed by atoms with E-state index in [2.05, 4.69) is 0 Å². The molecule has 4 atom stereocenters. The van der Waals surface area contributed by atoms with Gasteiger partial charge in [0.2, 0.25) is 0 Å². The normalized spacial score (nSPS) is 24.8. The van der Waals surface area contributed by atoms with E-state index in [1.807, 2.05) is 0 Å². The van der Waals surface area contributed by atoms with Crippen molar-refractivity contribution < 1.29 is 28.2 Å². The fourth-order valence-corrected chi connectivity index (χ4v) is 2.76. The van der Waals surface area contributed by atoms with Crippen LogP contribution in [0.1, 0.15) is 20.7 Å². The van der Waals surface area contributed by atoms with Crippen molar-refractivity contribution in [2.75, 3.05) is 6.61 Å². The number of carbonyl (C=O) groups excluding carboxylic acids is 2. The van der Waals surface area contributed by atoms with Gasteiger partial charge in [0.1, 0.15) is 20.6 Å². The number of benzene rings is 2. The van der Waals surface area contributed by atoms with E-state index in [0.29, 0.717) is 11.1 Å². The van der Waals surface area contributed by atoms with Crippen LogP contribution >= 0.6 is 0 Å². The summed E-state index contributed by atoms with van der Waals surface area (Å²) in [5.74, 6) is -1.19. The molecule has 4 unspecified atom stereocenters. The summed E-state index contributed by atoms with van der Waals surface area (Å²) in [4.78, 5) is 24.2. The van der Waals surface area contributed by atoms with Crippen LogP contribution in [0.15, 0.2) is 60.7 Å². The zero-order chi connectivity index (χ0) is 18.5. The van der Waals surface area contributed by atoms with Crippen molar-refractivity contribution in [2.45, 2.75) is 24.4 Å². The van der Waals surface area contributed by atoms with Crippen LogP contribution < -0.4 is 0 Å². The Labute approximate surface area is 151 Å². The highest BCUT2D eigenvalue weighted by molar-refractivity contribution is 6.11. The molecule has 1 fully saturated rings. The zero-order valence-corrected chi connectivity index (χ0v) is 14.2. The highest BCUT2D eigenvalue weighted by atomic mass is 19.1. The summed E-state index contributed by atoms with van der Waals surface area (Å²) in [6, 6.07) is 16.0. The molecule has 134 valence electrons. The quantitative estimate of drug-likeness (QED) is 0.604. The molecule has 0 saturated carbocycles. The largest absolute Gasteiger partial charge is 0.459 e. The first-order valence-corrected chi connectivity index (χ1v) is 8.34. The first-order chi connectivity index (χ1) is 12.6. The fourth-order valence-electron chi connectivity index (χ4n) is 2.76. The molecule has 0 aliphatic carbocycles. The van der Waals surface area contributed by atoms with Crippen molar-refractivity contribution in [2.24, 2.45) is 0 Å². The minimum Gasteiger partial charge on any atom is -0.459 e. The van der Waals surface area contributed by atoms with Gasteiger partial charge >= 0.3 is 11.9 Å². The summed E-state index contributed by atoms with van der Waals surface area (Å²) < 4.78 is 30.4. The Bertz CT molecular complexity index is 755. The maximum absolute atomic E-state index is 14.4. The molecule has 0 bridgehead atoms. The van der Waals surface area contributed by atoms with Crippen molar-refractivity contribution in [1.82, 2.24) is 0 Å². The van der Waals surface area contributed by atoms with Crippen molar-refractivity contribution in [1.29, 1.82) is 0 Å². The molecule has 2 aromatic rings. The summed E-state index contributed by atoms with van der Waals surface area (Å²) in [6.07, 6.45) is -3.50. The molecule has 1 aliphatic heterocycles. The van der Waals surface area contributed by atoms with Crippen molar-refractivity contribution in [3.63, 3.8) is 0 Å². The van der Waals surface area contributed by atoms with E-state index >= 15 is 0 Å². The van der Waals surface area contributed by atoms with Crippen LogP contribution in [0, 0.1) is 0 Å². The molecule has 26 heavy (non-hydrogen) atoms. The zero-order valence-electron chi connectivity index (χ0n) is 14.2. The van der Waals surface area contributed by atoms with Crippen LogP contribution in [-0.2, 0) is 14.2 Å². The fraction of sp³-hybridized carbons (Fsp3) is 0.263. The van der Waals surface area contributed by atoms with Gasteiger partial charge in [0.15, 0.2) is 12.3 Å². The standard InChI is InChI=1S/C19H18BFO5/c20-17-15(21)16(26-19(23)13-9-5-2-6-10-13)14(25-17)11-24-18(22)12-7-3-1-4-8-12/h1-10,14-17H,11,20H2. The third kappa shape index (κ3) is 4.11. The average molecular weight is 356 g/mol. The first kappa shape index (κ1) is 18.1. The third-order valence-electron chi connectivity index (χ3n) is 4.16. The lowest BCUT2D eigenvalue weighted by atomic mass is 9.94. The van der Waals surface area contributed by atoms with Gasteiger partial charge in [-0.05, 0) is 24.3 Å². The van der Waals surface area contributed by atoms with Crippen LogP contribution in [0.3, 0.4) is 0 Å². The minimum absolute atomic E-state index is 0.203. The van der Waals surface area contributed by atoms with Gasteiger partial charge in [-0.3, -0.25) is 0 Å². The Morgan fingerprint density at radius 3 is 2.08 bits per heavy atom. The van der Waals surface area contributed by atoms with Gasteiger partial charge < -0.3 is 14.2 Å². The van der Waals surface area contributed by atoms with Crippen LogP contribution in [0.2, 0.25) is 0 Å². The van der Waals surface area contributed by atoms with Gasteiger partial charge in [-0.25, -0.2) is 14.0 Å². The SMILES string of the molecule is BC1OC(COC(=O)c2ccccc2)C(OC(=O)c2ccccc2)C1F. The number of hydrogen-bond donors (Lipinski definition) is 0. The summed E-state index contributed by atoms with van der Waals surface area (Å²) in [5.41, 5.74) is 0.701. The topological polar surface area (TPSA) is 61.8 Å². The second kappa shape index (κ2) is 8.14. The van der Waals surface area contributed by atoms with Gasteiger partial charge in [-0.2, -0.15) is 0 Å². The molecular formula is C19H18BFO5. The Balaban J connectivity index is 1.63. The number of halogens is 1. The lowest BCUT2D eigenvalue weighted by Gasteiger charge is -2.20. The van der Waals surface area contributed by atoms with Crippen molar-refractivity contribution in [3.8, 4) is 0 Å². The van der Waals surface area contributed by atoms with E-state index in [-0.39, 0.29) is 6.61 Å². The third-order valence-corrected chi connectivity index (χ3v) is 4.16. The Morgan fingerprint density at radius 1 is 0.962 bits per heavy atom. The average Bonchev–Trinajstić information content (AvgIpc) is 2.95. The van der Waals surface area contributed by atoms with Gasteiger partial charge in [-0.1, -0.05) is 36.4 Å². The van der Waals surface area contributed by atoms with Gasteiger partial charge in [0.05, 0.1) is 17.1 Å². The monoisotopic (exact) mass is 356 g/mol. The van der Waals surface area contributed by atoms with E-state index in [0.717, 1.165) is 0 Å². The molecule has 5 nitrogen and oxygen atoms in total. The van der Waals surface area contributed by atoms with Crippen LogP contribution in [0.5, 0.6) is 0 Å². The maximum Gasteiger partial charge on any atom is 0.338 e. The van der Waals surface area contributed by atoms with Crippen LogP contribution in [0.25, 0.3) is 0 Å². The molecule has 2 aromatic carbocycles. The van der Waals surface area contributed by atoms with Gasteiger partial charge in [0, 0.05) is 0 Å². The summed E-state index contributed by atoms with van der Waals surface area (Å²) in [5, 5.41) is 0. The summed E-state index contributed by atoms with van der Waals surface area (Å²) in [6.45, 7) is -0.203. The molecule has 0 amide bonds. The lowest BCUT2D eigenvalue weighted by Crippen LogP contribution is -2.37. The van der Waals surface area contributed by atoms with E-state index in [1.54, 1.807) is 68.5 Å². The van der Waals surface area contributed by atoms with E-state index in [9.17, 15) is 14.0 Å². The second-order valence-corrected chi connectivity index (χ2v) is 6.02. The van der Waals surface area contributed by atoms with E-state index in [4.69, 9.17) is 14.2 Å². The highest BCUT2D eigenvalue weighted by Gasteiger charge is 2.46. The number of esters is 2. The number of alkyl halides is 1. The summed E-state index contributed by atoms with van der Waals surface area (Å²) in [7, 11) is 1.55. The number of ether oxygens (including phenoxy) is 3. The summed E-state index contributed by atoms with van der Waals surface area (Å²) >= 11 is 0. The second-order valence-electron chi connectivity index (χ2n) is 6.02. The van der Waals surface area contributed by atoms with Gasteiger partial charge in [-0.15, -0.1) is 0 Å². The Hall–Kier alpha value is -2.67.